The molecule has 2 nitrogen and oxygen atoms in total. The zero-order valence-corrected chi connectivity index (χ0v) is 11.0. The van der Waals surface area contributed by atoms with E-state index < -0.39 is 0 Å². The Morgan fingerprint density at radius 3 is 2.78 bits per heavy atom. The summed E-state index contributed by atoms with van der Waals surface area (Å²) in [6.07, 6.45) is 6.13. The topological polar surface area (TPSA) is 32.3 Å². The molecule has 1 aromatic rings. The van der Waals surface area contributed by atoms with Gasteiger partial charge >= 0.3 is 0 Å². The van der Waals surface area contributed by atoms with E-state index >= 15 is 0 Å². The molecular weight excluding hydrogens is 222 g/mol. The highest BCUT2D eigenvalue weighted by Crippen LogP contribution is 2.49. The molecule has 1 saturated carbocycles. The third-order valence-electron chi connectivity index (χ3n) is 4.65. The second-order valence-electron chi connectivity index (χ2n) is 6.01. The van der Waals surface area contributed by atoms with Gasteiger partial charge in [-0.25, -0.2) is 0 Å². The zero-order chi connectivity index (χ0) is 12.4. The lowest BCUT2D eigenvalue weighted by atomic mass is 9.85. The van der Waals surface area contributed by atoms with Crippen molar-refractivity contribution in [3.05, 3.63) is 35.4 Å². The minimum absolute atomic E-state index is 0.110. The average Bonchev–Trinajstić information content (AvgIpc) is 3.22. The van der Waals surface area contributed by atoms with Crippen LogP contribution in [0.2, 0.25) is 0 Å². The van der Waals surface area contributed by atoms with E-state index in [9.17, 15) is 5.11 Å². The Balaban J connectivity index is 1.79. The van der Waals surface area contributed by atoms with Crippen molar-refractivity contribution in [3.8, 4) is 0 Å². The van der Waals surface area contributed by atoms with Gasteiger partial charge in [-0.05, 0) is 62.2 Å². The summed E-state index contributed by atoms with van der Waals surface area (Å²) in [5.74, 6) is 0.773. The highest BCUT2D eigenvalue weighted by atomic mass is 16.3. The van der Waals surface area contributed by atoms with E-state index in [1.807, 2.05) is 0 Å². The van der Waals surface area contributed by atoms with Crippen molar-refractivity contribution in [2.45, 2.75) is 37.5 Å². The Kier molecular flexibility index (Phi) is 3.40. The maximum atomic E-state index is 9.63. The minimum atomic E-state index is 0.110. The quantitative estimate of drug-likeness (QED) is 0.853. The molecule has 1 heterocycles. The van der Waals surface area contributed by atoms with Crippen molar-refractivity contribution < 1.29 is 5.11 Å². The molecule has 0 radical (unpaired) electrons. The molecule has 18 heavy (non-hydrogen) atoms. The summed E-state index contributed by atoms with van der Waals surface area (Å²) in [5.41, 5.74) is 2.99. The number of nitrogens with one attached hydrogen (secondary N) is 1. The van der Waals surface area contributed by atoms with Gasteiger partial charge in [-0.2, -0.15) is 0 Å². The van der Waals surface area contributed by atoms with E-state index in [4.69, 9.17) is 0 Å². The predicted octanol–water partition coefficient (Wildman–Crippen LogP) is 2.25. The van der Waals surface area contributed by atoms with Crippen LogP contribution in [0.4, 0.5) is 0 Å². The van der Waals surface area contributed by atoms with E-state index in [2.05, 4.69) is 29.6 Å². The van der Waals surface area contributed by atoms with Gasteiger partial charge in [0, 0.05) is 5.41 Å². The Morgan fingerprint density at radius 2 is 2.11 bits per heavy atom. The molecule has 1 aliphatic heterocycles. The summed E-state index contributed by atoms with van der Waals surface area (Å²) in [4.78, 5) is 0. The largest absolute Gasteiger partial charge is 0.395 e. The Bertz CT molecular complexity index is 405. The van der Waals surface area contributed by atoms with Gasteiger partial charge in [0.1, 0.15) is 0 Å². The van der Waals surface area contributed by atoms with Crippen LogP contribution in [-0.4, -0.2) is 24.8 Å². The summed E-state index contributed by atoms with van der Waals surface area (Å²) in [6, 6.07) is 8.75. The van der Waals surface area contributed by atoms with Crippen LogP contribution in [0.25, 0.3) is 0 Å². The summed E-state index contributed by atoms with van der Waals surface area (Å²) < 4.78 is 0. The van der Waals surface area contributed by atoms with Crippen LogP contribution in [0.3, 0.4) is 0 Å². The molecule has 0 bridgehead atoms. The van der Waals surface area contributed by atoms with E-state index in [1.54, 1.807) is 0 Å². The molecule has 1 aromatic carbocycles. The van der Waals surface area contributed by atoms with Gasteiger partial charge in [0.15, 0.2) is 0 Å². The van der Waals surface area contributed by atoms with Crippen molar-refractivity contribution >= 4 is 0 Å². The standard InChI is InChI=1S/C16H23NO/c18-12-16(7-8-16)15-6-2-1-5-14(15)10-13-4-3-9-17-11-13/h1-2,5-6,13,17-18H,3-4,7-12H2. The highest BCUT2D eigenvalue weighted by molar-refractivity contribution is 5.39. The van der Waals surface area contributed by atoms with Gasteiger partial charge in [-0.3, -0.25) is 0 Å². The van der Waals surface area contributed by atoms with Crippen molar-refractivity contribution in [1.29, 1.82) is 0 Å². The van der Waals surface area contributed by atoms with E-state index in [-0.39, 0.29) is 5.41 Å². The monoisotopic (exact) mass is 245 g/mol. The maximum Gasteiger partial charge on any atom is 0.0528 e. The normalized spacial score (nSPS) is 25.9. The first-order chi connectivity index (χ1) is 8.84. The van der Waals surface area contributed by atoms with Gasteiger partial charge in [0.05, 0.1) is 6.61 Å². The summed E-state index contributed by atoms with van der Waals surface area (Å²) >= 11 is 0. The molecule has 2 fully saturated rings. The zero-order valence-electron chi connectivity index (χ0n) is 11.0. The maximum absolute atomic E-state index is 9.63. The number of benzene rings is 1. The molecule has 0 amide bonds. The molecule has 1 atom stereocenters. The smallest absolute Gasteiger partial charge is 0.0528 e. The molecule has 2 aliphatic rings. The molecule has 0 spiro atoms. The Morgan fingerprint density at radius 1 is 1.28 bits per heavy atom. The van der Waals surface area contributed by atoms with Crippen LogP contribution in [-0.2, 0) is 11.8 Å². The molecule has 2 heteroatoms. The lowest BCUT2D eigenvalue weighted by molar-refractivity contribution is 0.254. The average molecular weight is 245 g/mol. The van der Waals surface area contributed by atoms with Crippen LogP contribution in [0, 0.1) is 5.92 Å². The fraction of sp³-hybridized carbons (Fsp3) is 0.625. The number of aliphatic hydroxyl groups is 1. The van der Waals surface area contributed by atoms with Gasteiger partial charge in [0.2, 0.25) is 0 Å². The summed E-state index contributed by atoms with van der Waals surface area (Å²) in [6.45, 7) is 2.64. The predicted molar refractivity (Wildman–Crippen MR) is 73.7 cm³/mol. The van der Waals surface area contributed by atoms with Crippen LogP contribution in [0.5, 0.6) is 0 Å². The first-order valence-electron chi connectivity index (χ1n) is 7.24. The summed E-state index contributed by atoms with van der Waals surface area (Å²) in [7, 11) is 0. The third-order valence-corrected chi connectivity index (χ3v) is 4.65. The van der Waals surface area contributed by atoms with Crippen molar-refractivity contribution in [3.63, 3.8) is 0 Å². The highest BCUT2D eigenvalue weighted by Gasteiger charge is 2.44. The van der Waals surface area contributed by atoms with Gasteiger partial charge in [-0.15, -0.1) is 0 Å². The molecule has 2 N–H and O–H groups in total. The molecule has 0 aromatic heterocycles. The van der Waals surface area contributed by atoms with Gasteiger partial charge in [0.25, 0.3) is 0 Å². The van der Waals surface area contributed by atoms with Gasteiger partial charge < -0.3 is 10.4 Å². The second kappa shape index (κ2) is 5.02. The first kappa shape index (κ1) is 12.2. The van der Waals surface area contributed by atoms with E-state index in [1.165, 1.54) is 36.9 Å². The molecule has 98 valence electrons. The second-order valence-corrected chi connectivity index (χ2v) is 6.01. The molecule has 1 saturated heterocycles. The third kappa shape index (κ3) is 2.32. The van der Waals surface area contributed by atoms with Crippen molar-refractivity contribution in [1.82, 2.24) is 5.32 Å². The number of hydrogen-bond acceptors (Lipinski definition) is 2. The number of piperidine rings is 1. The molecule has 3 rings (SSSR count). The van der Waals surface area contributed by atoms with Crippen molar-refractivity contribution in [2.75, 3.05) is 19.7 Å². The van der Waals surface area contributed by atoms with Crippen LogP contribution >= 0.6 is 0 Å². The SMILES string of the molecule is OCC1(c2ccccc2CC2CCCNC2)CC1. The van der Waals surface area contributed by atoms with Crippen molar-refractivity contribution in [2.24, 2.45) is 5.92 Å². The summed E-state index contributed by atoms with van der Waals surface area (Å²) in [5, 5.41) is 13.1. The minimum Gasteiger partial charge on any atom is -0.395 e. The van der Waals surface area contributed by atoms with Crippen LogP contribution in [0.1, 0.15) is 36.8 Å². The fourth-order valence-electron chi connectivity index (χ4n) is 3.29. The first-order valence-corrected chi connectivity index (χ1v) is 7.24. The lowest BCUT2D eigenvalue weighted by Gasteiger charge is -2.25. The molecular formula is C16H23NO. The fourth-order valence-corrected chi connectivity index (χ4v) is 3.29. The lowest BCUT2D eigenvalue weighted by Crippen LogP contribution is -2.31. The molecule has 1 unspecified atom stereocenters. The van der Waals surface area contributed by atoms with E-state index in [0.717, 1.165) is 25.3 Å². The number of rotatable bonds is 4. The Hall–Kier alpha value is -0.860. The Labute approximate surface area is 109 Å². The van der Waals surface area contributed by atoms with Crippen LogP contribution < -0.4 is 5.32 Å². The van der Waals surface area contributed by atoms with E-state index in [0.29, 0.717) is 6.61 Å². The number of hydrogen-bond donors (Lipinski definition) is 2. The molecule has 1 aliphatic carbocycles. The van der Waals surface area contributed by atoms with Gasteiger partial charge in [-0.1, -0.05) is 24.3 Å². The van der Waals surface area contributed by atoms with Crippen LogP contribution in [0.15, 0.2) is 24.3 Å². The number of aliphatic hydroxyl groups excluding tert-OH is 1.